The van der Waals surface area contributed by atoms with Gasteiger partial charge in [-0.1, -0.05) is 31.2 Å². The van der Waals surface area contributed by atoms with Crippen molar-refractivity contribution in [2.24, 2.45) is 0 Å². The summed E-state index contributed by atoms with van der Waals surface area (Å²) in [6, 6.07) is 11.9. The minimum Gasteiger partial charge on any atom is -0.285 e. The van der Waals surface area contributed by atoms with Crippen molar-refractivity contribution in [2.75, 3.05) is 0 Å². The maximum atomic E-state index is 10.6. The van der Waals surface area contributed by atoms with Gasteiger partial charge in [0.1, 0.15) is 0 Å². The normalized spacial score (nSPS) is 10.4. The highest BCUT2D eigenvalue weighted by atomic mass is 16.1. The summed E-state index contributed by atoms with van der Waals surface area (Å²) in [6.45, 7) is 2.09. The molecule has 0 aliphatic carbocycles. The number of aryl methyl sites for hydroxylation is 1. The van der Waals surface area contributed by atoms with Gasteiger partial charge in [-0.15, -0.1) is 0 Å². The Labute approximate surface area is 83.4 Å². The number of rotatable bonds is 2. The van der Waals surface area contributed by atoms with Gasteiger partial charge in [0.05, 0.1) is 0 Å². The highest BCUT2D eigenvalue weighted by Gasteiger charge is 2.01. The first-order valence-electron chi connectivity index (χ1n) is 4.75. The third-order valence-corrected chi connectivity index (χ3v) is 2.45. The van der Waals surface area contributed by atoms with Crippen molar-refractivity contribution in [2.45, 2.75) is 13.3 Å². The van der Waals surface area contributed by atoms with Crippen LogP contribution in [0.25, 0.3) is 10.8 Å². The summed E-state index contributed by atoms with van der Waals surface area (Å²) in [7, 11) is 0. The summed E-state index contributed by atoms with van der Waals surface area (Å²) in [5.74, 6) is 0. The molecule has 0 aliphatic heterocycles. The van der Waals surface area contributed by atoms with E-state index >= 15 is 0 Å². The second kappa shape index (κ2) is 3.62. The largest absolute Gasteiger partial charge is 0.285 e. The van der Waals surface area contributed by atoms with Gasteiger partial charge in [0, 0.05) is 5.56 Å². The molecule has 0 bridgehead atoms. The van der Waals surface area contributed by atoms with Crippen LogP contribution in [0.3, 0.4) is 0 Å². The van der Waals surface area contributed by atoms with Crippen molar-refractivity contribution >= 4 is 17.1 Å². The Kier molecular flexibility index (Phi) is 2.32. The Balaban J connectivity index is 2.79. The zero-order valence-corrected chi connectivity index (χ0v) is 8.08. The number of fused-ring (bicyclic) bond motifs is 1. The Hall–Kier alpha value is -1.63. The summed E-state index contributed by atoms with van der Waals surface area (Å²) in [5.41, 5.74) is 1.85. The standard InChI is InChI=1S/C13H11O/c1-2-11-7-10(9-14)8-12-5-3-4-6-13(11)12/h3-8H,2H2,1H3. The Bertz CT molecular complexity index is 472. The van der Waals surface area contributed by atoms with E-state index in [0.29, 0.717) is 5.56 Å². The average molecular weight is 183 g/mol. The summed E-state index contributed by atoms with van der Waals surface area (Å²) >= 11 is 0. The van der Waals surface area contributed by atoms with Gasteiger partial charge in [0.2, 0.25) is 6.29 Å². The van der Waals surface area contributed by atoms with E-state index in [4.69, 9.17) is 0 Å². The first-order chi connectivity index (χ1) is 6.85. The fraction of sp³-hybridized carbons (Fsp3) is 0.154. The van der Waals surface area contributed by atoms with Crippen LogP contribution < -0.4 is 0 Å². The molecule has 0 spiro atoms. The van der Waals surface area contributed by atoms with Crippen LogP contribution >= 0.6 is 0 Å². The quantitative estimate of drug-likeness (QED) is 0.699. The van der Waals surface area contributed by atoms with Crippen LogP contribution in [-0.4, -0.2) is 6.29 Å². The molecule has 0 saturated carbocycles. The molecule has 0 unspecified atom stereocenters. The molecule has 1 radical (unpaired) electrons. The van der Waals surface area contributed by atoms with E-state index in [1.807, 2.05) is 36.6 Å². The van der Waals surface area contributed by atoms with Gasteiger partial charge in [-0.2, -0.15) is 0 Å². The molecule has 0 N–H and O–H groups in total. The molecule has 14 heavy (non-hydrogen) atoms. The van der Waals surface area contributed by atoms with E-state index in [2.05, 4.69) is 13.0 Å². The van der Waals surface area contributed by atoms with Gasteiger partial charge < -0.3 is 0 Å². The van der Waals surface area contributed by atoms with Crippen molar-refractivity contribution in [1.82, 2.24) is 0 Å². The van der Waals surface area contributed by atoms with Crippen molar-refractivity contribution < 1.29 is 4.79 Å². The van der Waals surface area contributed by atoms with Gasteiger partial charge >= 0.3 is 0 Å². The smallest absolute Gasteiger partial charge is 0.233 e. The fourth-order valence-corrected chi connectivity index (χ4v) is 1.74. The monoisotopic (exact) mass is 183 g/mol. The van der Waals surface area contributed by atoms with Crippen molar-refractivity contribution in [3.63, 3.8) is 0 Å². The maximum Gasteiger partial charge on any atom is 0.233 e. The van der Waals surface area contributed by atoms with Crippen molar-refractivity contribution in [1.29, 1.82) is 0 Å². The van der Waals surface area contributed by atoms with Crippen LogP contribution in [0.5, 0.6) is 0 Å². The Morgan fingerprint density at radius 1 is 1.21 bits per heavy atom. The van der Waals surface area contributed by atoms with E-state index in [0.717, 1.165) is 11.8 Å². The number of benzene rings is 2. The second-order valence-corrected chi connectivity index (χ2v) is 3.31. The highest BCUT2D eigenvalue weighted by Crippen LogP contribution is 2.20. The molecule has 1 heteroatoms. The van der Waals surface area contributed by atoms with Gasteiger partial charge in [-0.05, 0) is 34.9 Å². The molecule has 0 aliphatic rings. The molecule has 0 amide bonds. The lowest BCUT2D eigenvalue weighted by Crippen LogP contribution is -1.88. The minimum atomic E-state index is 0.639. The van der Waals surface area contributed by atoms with E-state index in [1.54, 1.807) is 0 Å². The highest BCUT2D eigenvalue weighted by molar-refractivity contribution is 5.91. The lowest BCUT2D eigenvalue weighted by Gasteiger charge is -2.04. The van der Waals surface area contributed by atoms with E-state index in [-0.39, 0.29) is 0 Å². The van der Waals surface area contributed by atoms with Gasteiger partial charge in [-0.25, -0.2) is 0 Å². The molecule has 0 aromatic heterocycles. The number of hydrogen-bond donors (Lipinski definition) is 0. The molecule has 2 aromatic carbocycles. The molecule has 0 heterocycles. The first kappa shape index (κ1) is 8.95. The average Bonchev–Trinajstić information content (AvgIpc) is 2.27. The van der Waals surface area contributed by atoms with Gasteiger partial charge in [0.15, 0.2) is 0 Å². The summed E-state index contributed by atoms with van der Waals surface area (Å²) in [5, 5.41) is 2.35. The molecule has 0 atom stereocenters. The third kappa shape index (κ3) is 1.41. The Morgan fingerprint density at radius 3 is 2.71 bits per heavy atom. The Morgan fingerprint density at radius 2 is 2.00 bits per heavy atom. The first-order valence-corrected chi connectivity index (χ1v) is 4.75. The summed E-state index contributed by atoms with van der Waals surface area (Å²) in [4.78, 5) is 10.6. The zero-order valence-electron chi connectivity index (χ0n) is 8.08. The molecule has 69 valence electrons. The number of carbonyl (C=O) groups excluding carboxylic acids is 1. The lowest BCUT2D eigenvalue weighted by atomic mass is 10.00. The van der Waals surface area contributed by atoms with Crippen LogP contribution in [0.15, 0.2) is 36.4 Å². The second-order valence-electron chi connectivity index (χ2n) is 3.31. The predicted octanol–water partition coefficient (Wildman–Crippen LogP) is 2.86. The van der Waals surface area contributed by atoms with Crippen LogP contribution in [-0.2, 0) is 11.2 Å². The maximum absolute atomic E-state index is 10.6. The summed E-state index contributed by atoms with van der Waals surface area (Å²) < 4.78 is 0. The van der Waals surface area contributed by atoms with Crippen molar-refractivity contribution in [3.8, 4) is 0 Å². The van der Waals surface area contributed by atoms with Crippen LogP contribution in [0, 0.1) is 0 Å². The topological polar surface area (TPSA) is 17.1 Å². The van der Waals surface area contributed by atoms with E-state index in [9.17, 15) is 4.79 Å². The van der Waals surface area contributed by atoms with Crippen LogP contribution in [0.1, 0.15) is 18.1 Å². The molecule has 2 rings (SSSR count). The molecule has 2 aromatic rings. The van der Waals surface area contributed by atoms with Gasteiger partial charge in [-0.3, -0.25) is 4.79 Å². The van der Waals surface area contributed by atoms with Gasteiger partial charge in [0.25, 0.3) is 0 Å². The lowest BCUT2D eigenvalue weighted by molar-refractivity contribution is 0.563. The molecular weight excluding hydrogens is 172 g/mol. The van der Waals surface area contributed by atoms with E-state index < -0.39 is 0 Å². The molecule has 0 fully saturated rings. The molecule has 0 saturated heterocycles. The minimum absolute atomic E-state index is 0.639. The zero-order chi connectivity index (χ0) is 9.97. The number of hydrogen-bond acceptors (Lipinski definition) is 1. The third-order valence-electron chi connectivity index (χ3n) is 2.45. The van der Waals surface area contributed by atoms with Crippen LogP contribution in [0.2, 0.25) is 0 Å². The summed E-state index contributed by atoms with van der Waals surface area (Å²) in [6.07, 6.45) is 2.88. The molecular formula is C13H11O. The predicted molar refractivity (Wildman–Crippen MR) is 58.1 cm³/mol. The van der Waals surface area contributed by atoms with E-state index in [1.165, 1.54) is 10.9 Å². The fourth-order valence-electron chi connectivity index (χ4n) is 1.74. The van der Waals surface area contributed by atoms with Crippen LogP contribution in [0.4, 0.5) is 0 Å². The molecule has 1 nitrogen and oxygen atoms in total. The SMILES string of the molecule is CCc1cc([C]=O)cc2ccccc12. The van der Waals surface area contributed by atoms with Crippen molar-refractivity contribution in [3.05, 3.63) is 47.5 Å².